The summed E-state index contributed by atoms with van der Waals surface area (Å²) in [5.41, 5.74) is 3.40. The number of nitrogens with one attached hydrogen (secondary N) is 2. The average molecular weight is 465 g/mol. The summed E-state index contributed by atoms with van der Waals surface area (Å²) in [5.74, 6) is 1.13. The fourth-order valence-electron chi connectivity index (χ4n) is 4.21. The molecule has 1 amide bonds. The van der Waals surface area contributed by atoms with Gasteiger partial charge in [-0.3, -0.25) is 14.9 Å². The smallest absolute Gasteiger partial charge is 0.237 e. The van der Waals surface area contributed by atoms with E-state index in [0.29, 0.717) is 12.3 Å². The minimum absolute atomic E-state index is 0.0496. The van der Waals surface area contributed by atoms with E-state index >= 15 is 0 Å². The van der Waals surface area contributed by atoms with Gasteiger partial charge in [0.05, 0.1) is 18.1 Å². The van der Waals surface area contributed by atoms with Gasteiger partial charge in [0.1, 0.15) is 0 Å². The maximum Gasteiger partial charge on any atom is 0.237 e. The van der Waals surface area contributed by atoms with Crippen molar-refractivity contribution in [2.75, 3.05) is 5.75 Å². The lowest BCUT2D eigenvalue weighted by Gasteiger charge is -2.27. The molecule has 1 saturated heterocycles. The summed E-state index contributed by atoms with van der Waals surface area (Å²) in [7, 11) is 0. The van der Waals surface area contributed by atoms with E-state index in [1.54, 1.807) is 0 Å². The third-order valence-electron chi connectivity index (χ3n) is 6.06. The Hall–Kier alpha value is -2.37. The highest BCUT2D eigenvalue weighted by Crippen LogP contribution is 2.25. The molecular weight excluding hydrogens is 428 g/mol. The van der Waals surface area contributed by atoms with Crippen LogP contribution in [0, 0.1) is 5.92 Å². The minimum Gasteiger partial charge on any atom is -0.344 e. The molecule has 0 saturated carbocycles. The number of benzene rings is 2. The molecule has 0 bridgehead atoms. The zero-order valence-corrected chi connectivity index (χ0v) is 20.7. The molecule has 4 nitrogen and oxygen atoms in total. The van der Waals surface area contributed by atoms with Gasteiger partial charge in [-0.2, -0.15) is 0 Å². The second kappa shape index (κ2) is 12.8. The molecule has 2 unspecified atom stereocenters. The molecule has 33 heavy (non-hydrogen) atoms. The van der Waals surface area contributed by atoms with E-state index in [-0.39, 0.29) is 23.1 Å². The van der Waals surface area contributed by atoms with E-state index in [2.05, 4.69) is 37.5 Å². The van der Waals surface area contributed by atoms with Crippen molar-refractivity contribution < 1.29 is 9.59 Å². The van der Waals surface area contributed by atoms with Crippen molar-refractivity contribution in [3.05, 3.63) is 83.4 Å². The number of rotatable bonds is 11. The summed E-state index contributed by atoms with van der Waals surface area (Å²) in [4.78, 5) is 25.9. The fraction of sp³-hybridized carbons (Fsp3) is 0.429. The van der Waals surface area contributed by atoms with E-state index in [1.165, 1.54) is 17.3 Å². The van der Waals surface area contributed by atoms with Gasteiger partial charge >= 0.3 is 0 Å². The van der Waals surface area contributed by atoms with Crippen molar-refractivity contribution in [3.63, 3.8) is 0 Å². The van der Waals surface area contributed by atoms with Crippen LogP contribution in [0.4, 0.5) is 0 Å². The molecule has 1 aliphatic heterocycles. The largest absolute Gasteiger partial charge is 0.344 e. The molecule has 0 aromatic heterocycles. The predicted molar refractivity (Wildman–Crippen MR) is 138 cm³/mol. The molecule has 3 rings (SSSR count). The Morgan fingerprint density at radius 1 is 1.06 bits per heavy atom. The number of carbonyl (C=O) groups excluding carboxylic acids is 2. The van der Waals surface area contributed by atoms with Crippen LogP contribution in [0.25, 0.3) is 0 Å². The molecule has 2 aromatic carbocycles. The van der Waals surface area contributed by atoms with Crippen LogP contribution in [0.15, 0.2) is 72.3 Å². The maximum atomic E-state index is 13.6. The highest BCUT2D eigenvalue weighted by Gasteiger charge is 2.32. The summed E-state index contributed by atoms with van der Waals surface area (Å²) >= 11 is 1.36. The molecule has 3 atom stereocenters. The van der Waals surface area contributed by atoms with Crippen molar-refractivity contribution >= 4 is 22.8 Å². The Morgan fingerprint density at radius 2 is 1.67 bits per heavy atom. The SMILES string of the molecule is CC(C)=CCC[C@H](C)CC(NC1CCSC1=O)C(=O)NC(c1ccccc1)c1ccccc1. The van der Waals surface area contributed by atoms with Crippen molar-refractivity contribution in [1.82, 2.24) is 10.6 Å². The number of amides is 1. The number of carbonyl (C=O) groups is 2. The molecule has 0 radical (unpaired) electrons. The quantitative estimate of drug-likeness (QED) is 0.422. The molecule has 1 aliphatic rings. The number of hydrogen-bond donors (Lipinski definition) is 2. The Bertz CT molecular complexity index is 886. The molecule has 0 aliphatic carbocycles. The first-order valence-electron chi connectivity index (χ1n) is 11.9. The van der Waals surface area contributed by atoms with E-state index in [4.69, 9.17) is 0 Å². The minimum atomic E-state index is -0.408. The molecule has 2 N–H and O–H groups in total. The molecule has 5 heteroatoms. The van der Waals surface area contributed by atoms with Crippen LogP contribution in [-0.2, 0) is 9.59 Å². The molecule has 2 aromatic rings. The van der Waals surface area contributed by atoms with Crippen molar-refractivity contribution in [3.8, 4) is 0 Å². The van der Waals surface area contributed by atoms with E-state index < -0.39 is 6.04 Å². The van der Waals surface area contributed by atoms with Crippen molar-refractivity contribution in [2.45, 2.75) is 64.6 Å². The van der Waals surface area contributed by atoms with E-state index in [1.807, 2.05) is 60.7 Å². The van der Waals surface area contributed by atoms with Crippen LogP contribution >= 0.6 is 11.8 Å². The summed E-state index contributed by atoms with van der Waals surface area (Å²) in [6.45, 7) is 6.41. The Balaban J connectivity index is 1.77. The van der Waals surface area contributed by atoms with Crippen LogP contribution in [0.3, 0.4) is 0 Å². The fourth-order valence-corrected chi connectivity index (χ4v) is 5.15. The second-order valence-electron chi connectivity index (χ2n) is 9.19. The third-order valence-corrected chi connectivity index (χ3v) is 7.07. The highest BCUT2D eigenvalue weighted by molar-refractivity contribution is 8.14. The van der Waals surface area contributed by atoms with Gasteiger partial charge in [-0.15, -0.1) is 0 Å². The molecule has 0 spiro atoms. The lowest BCUT2D eigenvalue weighted by atomic mass is 9.94. The van der Waals surface area contributed by atoms with Crippen LogP contribution in [0.2, 0.25) is 0 Å². The van der Waals surface area contributed by atoms with Gasteiger partial charge in [0.15, 0.2) is 0 Å². The van der Waals surface area contributed by atoms with E-state index in [0.717, 1.165) is 36.1 Å². The Morgan fingerprint density at radius 3 is 2.18 bits per heavy atom. The topological polar surface area (TPSA) is 58.2 Å². The van der Waals surface area contributed by atoms with Gasteiger partial charge in [0.2, 0.25) is 11.0 Å². The van der Waals surface area contributed by atoms with Crippen molar-refractivity contribution in [1.29, 1.82) is 0 Å². The maximum absolute atomic E-state index is 13.6. The van der Waals surface area contributed by atoms with Gasteiger partial charge in [-0.05, 0) is 56.6 Å². The molecule has 1 fully saturated rings. The predicted octanol–water partition coefficient (Wildman–Crippen LogP) is 5.66. The zero-order chi connectivity index (χ0) is 23.6. The molecular formula is C28H36N2O2S. The van der Waals surface area contributed by atoms with Gasteiger partial charge < -0.3 is 5.32 Å². The summed E-state index contributed by atoms with van der Waals surface area (Å²) in [6, 6.07) is 19.2. The normalized spacial score (nSPS) is 17.6. The first-order chi connectivity index (χ1) is 15.9. The van der Waals surface area contributed by atoms with Crippen LogP contribution in [0.1, 0.15) is 63.6 Å². The molecule has 176 valence electrons. The van der Waals surface area contributed by atoms with E-state index in [9.17, 15) is 9.59 Å². The first kappa shape index (κ1) is 25.3. The standard InChI is InChI=1S/C28H36N2O2S/c1-20(2)11-10-12-21(3)19-25(29-24-17-18-33-28(24)32)27(31)30-26(22-13-6-4-7-14-22)23-15-8-5-9-16-23/h4-9,11,13-16,21,24-26,29H,10,12,17-19H2,1-3H3,(H,30,31)/t21-,24?,25?/m0/s1. The summed E-state index contributed by atoms with van der Waals surface area (Å²) in [5, 5.41) is 6.84. The van der Waals surface area contributed by atoms with Gasteiger partial charge in [-0.1, -0.05) is 91.0 Å². The summed E-state index contributed by atoms with van der Waals surface area (Å²) < 4.78 is 0. The zero-order valence-electron chi connectivity index (χ0n) is 19.9. The second-order valence-corrected chi connectivity index (χ2v) is 10.3. The monoisotopic (exact) mass is 464 g/mol. The van der Waals surface area contributed by atoms with Crippen LogP contribution in [-0.4, -0.2) is 28.9 Å². The van der Waals surface area contributed by atoms with Gasteiger partial charge in [0.25, 0.3) is 0 Å². The lowest BCUT2D eigenvalue weighted by Crippen LogP contribution is -2.51. The Kier molecular flexibility index (Phi) is 9.76. The number of thioether (sulfide) groups is 1. The number of hydrogen-bond acceptors (Lipinski definition) is 4. The number of allylic oxidation sites excluding steroid dienone is 2. The lowest BCUT2D eigenvalue weighted by molar-refractivity contribution is -0.124. The van der Waals surface area contributed by atoms with Crippen LogP contribution in [0.5, 0.6) is 0 Å². The van der Waals surface area contributed by atoms with Gasteiger partial charge in [0, 0.05) is 5.75 Å². The van der Waals surface area contributed by atoms with Gasteiger partial charge in [-0.25, -0.2) is 0 Å². The highest BCUT2D eigenvalue weighted by atomic mass is 32.2. The first-order valence-corrected chi connectivity index (χ1v) is 12.9. The average Bonchev–Trinajstić information content (AvgIpc) is 3.22. The van der Waals surface area contributed by atoms with Crippen LogP contribution < -0.4 is 10.6 Å². The van der Waals surface area contributed by atoms with Crippen molar-refractivity contribution in [2.24, 2.45) is 5.92 Å². The molecule has 1 heterocycles. The summed E-state index contributed by atoms with van der Waals surface area (Å²) in [6.07, 6.45) is 5.75. The third kappa shape index (κ3) is 7.86. The Labute approximate surface area is 202 Å².